The van der Waals surface area contributed by atoms with Gasteiger partial charge in [-0.3, -0.25) is 9.36 Å². The van der Waals surface area contributed by atoms with Crippen LogP contribution in [0.1, 0.15) is 25.5 Å². The van der Waals surface area contributed by atoms with E-state index in [0.717, 1.165) is 5.56 Å². The predicted molar refractivity (Wildman–Crippen MR) is 107 cm³/mol. The van der Waals surface area contributed by atoms with Gasteiger partial charge >= 0.3 is 0 Å². The summed E-state index contributed by atoms with van der Waals surface area (Å²) in [4.78, 5) is 28.0. The van der Waals surface area contributed by atoms with Crippen LogP contribution in [0, 0.1) is 0 Å². The highest BCUT2D eigenvalue weighted by Gasteiger charge is 2.30. The van der Waals surface area contributed by atoms with Gasteiger partial charge in [0.15, 0.2) is 0 Å². The van der Waals surface area contributed by atoms with Crippen molar-refractivity contribution in [1.29, 1.82) is 0 Å². The summed E-state index contributed by atoms with van der Waals surface area (Å²) in [6, 6.07) is 13.5. The average Bonchev–Trinajstić information content (AvgIpc) is 2.75. The van der Waals surface area contributed by atoms with Gasteiger partial charge in [-0.15, -0.1) is 0 Å². The number of anilines is 1. The topological polar surface area (TPSA) is 73.1 Å². The minimum Gasteiger partial charge on any atom is -0.370 e. The molecule has 3 heterocycles. The summed E-state index contributed by atoms with van der Waals surface area (Å²) in [5.74, 6) is 0.653. The van der Waals surface area contributed by atoms with E-state index >= 15 is 0 Å². The summed E-state index contributed by atoms with van der Waals surface area (Å²) >= 11 is 0. The summed E-state index contributed by atoms with van der Waals surface area (Å²) in [6.45, 7) is 5.79. The Balaban J connectivity index is 1.75. The van der Waals surface area contributed by atoms with Crippen LogP contribution in [-0.4, -0.2) is 38.7 Å². The Hall–Kier alpha value is -3.06. The van der Waals surface area contributed by atoms with E-state index in [9.17, 15) is 4.79 Å². The Morgan fingerprint density at radius 1 is 1.18 bits per heavy atom. The monoisotopic (exact) mass is 377 g/mol. The maximum absolute atomic E-state index is 12.8. The number of aromatic nitrogens is 4. The fourth-order valence-electron chi connectivity index (χ4n) is 3.49. The van der Waals surface area contributed by atoms with Crippen molar-refractivity contribution in [3.63, 3.8) is 0 Å². The summed E-state index contributed by atoms with van der Waals surface area (Å²) in [5, 5.41) is 0. The van der Waals surface area contributed by atoms with Crippen LogP contribution in [0.2, 0.25) is 0 Å². The molecule has 0 radical (unpaired) electrons. The quantitative estimate of drug-likeness (QED) is 0.696. The van der Waals surface area contributed by atoms with Crippen LogP contribution in [0.25, 0.3) is 11.4 Å². The smallest absolute Gasteiger partial charge is 0.255 e. The van der Waals surface area contributed by atoms with Crippen molar-refractivity contribution >= 4 is 5.95 Å². The fourth-order valence-corrected chi connectivity index (χ4v) is 3.49. The Morgan fingerprint density at radius 2 is 2.00 bits per heavy atom. The first-order valence-corrected chi connectivity index (χ1v) is 9.49. The van der Waals surface area contributed by atoms with Gasteiger partial charge in [-0.2, -0.15) is 0 Å². The second-order valence-electron chi connectivity index (χ2n) is 6.85. The van der Waals surface area contributed by atoms with E-state index < -0.39 is 0 Å². The third-order valence-electron chi connectivity index (χ3n) is 5.01. The van der Waals surface area contributed by atoms with Crippen LogP contribution >= 0.6 is 0 Å². The standard InChI is InChI=1S/C21H23N5O2/c1-3-25-20(27)11-18(17-9-10-22-14-23-17)24-21(25)26-12-19(28-13-15(26)2)16-7-5-4-6-8-16/h4-11,14-15,19H,3,12-13H2,1-2H3/t15-,19-/m1/s1. The van der Waals surface area contributed by atoms with E-state index in [4.69, 9.17) is 9.72 Å². The Kier molecular flexibility index (Phi) is 5.16. The molecule has 1 aliphatic heterocycles. The van der Waals surface area contributed by atoms with Crippen molar-refractivity contribution in [2.45, 2.75) is 32.5 Å². The van der Waals surface area contributed by atoms with Crippen LogP contribution in [0.4, 0.5) is 5.95 Å². The molecule has 0 spiro atoms. The maximum atomic E-state index is 12.8. The van der Waals surface area contributed by atoms with Gasteiger partial charge in [-0.05, 0) is 25.5 Å². The molecule has 1 fully saturated rings. The third-order valence-corrected chi connectivity index (χ3v) is 5.01. The molecule has 28 heavy (non-hydrogen) atoms. The molecule has 144 valence electrons. The largest absolute Gasteiger partial charge is 0.370 e. The van der Waals surface area contributed by atoms with Crippen molar-refractivity contribution in [1.82, 2.24) is 19.5 Å². The molecule has 0 unspecified atom stereocenters. The van der Waals surface area contributed by atoms with Gasteiger partial charge in [-0.1, -0.05) is 30.3 Å². The number of rotatable bonds is 4. The van der Waals surface area contributed by atoms with Crippen LogP contribution in [0.3, 0.4) is 0 Å². The van der Waals surface area contributed by atoms with E-state index in [0.29, 0.717) is 37.0 Å². The van der Waals surface area contributed by atoms with Crippen molar-refractivity contribution in [2.75, 3.05) is 18.1 Å². The minimum atomic E-state index is -0.0870. The van der Waals surface area contributed by atoms with Gasteiger partial charge in [-0.25, -0.2) is 15.0 Å². The molecule has 2 aromatic heterocycles. The molecule has 4 rings (SSSR count). The SMILES string of the molecule is CCn1c(N2C[C@H](c3ccccc3)OC[C@H]2C)nc(-c2ccncn2)cc1=O. The van der Waals surface area contributed by atoms with E-state index in [1.54, 1.807) is 16.8 Å². The number of hydrogen-bond donors (Lipinski definition) is 0. The zero-order chi connectivity index (χ0) is 19.5. The van der Waals surface area contributed by atoms with Gasteiger partial charge in [0.05, 0.1) is 30.6 Å². The van der Waals surface area contributed by atoms with Crippen molar-refractivity contribution in [2.24, 2.45) is 0 Å². The van der Waals surface area contributed by atoms with Crippen LogP contribution in [0.15, 0.2) is 59.8 Å². The van der Waals surface area contributed by atoms with E-state index in [-0.39, 0.29) is 17.7 Å². The Bertz CT molecular complexity index is 991. The van der Waals surface area contributed by atoms with Gasteiger partial charge < -0.3 is 9.64 Å². The molecule has 0 bridgehead atoms. The molecule has 7 heteroatoms. The zero-order valence-electron chi connectivity index (χ0n) is 16.0. The molecular formula is C21H23N5O2. The third kappa shape index (κ3) is 3.53. The van der Waals surface area contributed by atoms with Gasteiger partial charge in [0.25, 0.3) is 5.56 Å². The minimum absolute atomic E-state index is 0.0673. The predicted octanol–water partition coefficient (Wildman–Crippen LogP) is 2.69. The molecular weight excluding hydrogens is 354 g/mol. The zero-order valence-corrected chi connectivity index (χ0v) is 16.0. The van der Waals surface area contributed by atoms with Crippen molar-refractivity contribution < 1.29 is 4.74 Å². The van der Waals surface area contributed by atoms with Crippen molar-refractivity contribution in [3.05, 3.63) is 70.9 Å². The Labute approximate surface area is 163 Å². The highest BCUT2D eigenvalue weighted by molar-refractivity contribution is 5.55. The first-order valence-electron chi connectivity index (χ1n) is 9.49. The molecule has 1 aromatic carbocycles. The number of morpholine rings is 1. The van der Waals surface area contributed by atoms with E-state index in [2.05, 4.69) is 33.9 Å². The highest BCUT2D eigenvalue weighted by atomic mass is 16.5. The second-order valence-corrected chi connectivity index (χ2v) is 6.85. The summed E-state index contributed by atoms with van der Waals surface area (Å²) in [7, 11) is 0. The summed E-state index contributed by atoms with van der Waals surface area (Å²) < 4.78 is 7.77. The molecule has 7 nitrogen and oxygen atoms in total. The first kappa shape index (κ1) is 18.3. The average molecular weight is 377 g/mol. The normalized spacial score (nSPS) is 19.6. The Morgan fingerprint density at radius 3 is 2.71 bits per heavy atom. The second kappa shape index (κ2) is 7.90. The lowest BCUT2D eigenvalue weighted by Crippen LogP contribution is -2.47. The van der Waals surface area contributed by atoms with Gasteiger partial charge in [0.2, 0.25) is 5.95 Å². The first-order chi connectivity index (χ1) is 13.7. The van der Waals surface area contributed by atoms with Crippen LogP contribution < -0.4 is 10.5 Å². The molecule has 1 aliphatic rings. The lowest BCUT2D eigenvalue weighted by atomic mass is 10.1. The molecule has 2 atom stereocenters. The number of hydrogen-bond acceptors (Lipinski definition) is 6. The van der Waals surface area contributed by atoms with Crippen molar-refractivity contribution in [3.8, 4) is 11.4 Å². The van der Waals surface area contributed by atoms with E-state index in [1.165, 1.54) is 12.4 Å². The molecule has 0 saturated carbocycles. The van der Waals surface area contributed by atoms with Gasteiger partial charge in [0, 0.05) is 18.8 Å². The fraction of sp³-hybridized carbons (Fsp3) is 0.333. The highest BCUT2D eigenvalue weighted by Crippen LogP contribution is 2.28. The molecule has 0 N–H and O–H groups in total. The van der Waals surface area contributed by atoms with Crippen LogP contribution in [-0.2, 0) is 11.3 Å². The molecule has 1 saturated heterocycles. The summed E-state index contributed by atoms with van der Waals surface area (Å²) in [6.07, 6.45) is 3.05. The molecule has 0 amide bonds. The van der Waals surface area contributed by atoms with E-state index in [1.807, 2.05) is 25.1 Å². The molecule has 3 aromatic rings. The maximum Gasteiger partial charge on any atom is 0.255 e. The van der Waals surface area contributed by atoms with Gasteiger partial charge in [0.1, 0.15) is 12.4 Å². The number of ether oxygens (including phenoxy) is 1. The lowest BCUT2D eigenvalue weighted by molar-refractivity contribution is 0.0205. The number of benzene rings is 1. The number of nitrogens with zero attached hydrogens (tertiary/aromatic N) is 5. The molecule has 0 aliphatic carbocycles. The summed E-state index contributed by atoms with van der Waals surface area (Å²) in [5.41, 5.74) is 2.23. The van der Waals surface area contributed by atoms with Crippen LogP contribution in [0.5, 0.6) is 0 Å². The lowest BCUT2D eigenvalue weighted by Gasteiger charge is -2.39.